The molecule has 1 saturated heterocycles. The van der Waals surface area contributed by atoms with Crippen LogP contribution in [0.2, 0.25) is 0 Å². The molecule has 2 rings (SSSR count). The molecule has 1 aliphatic rings. The van der Waals surface area contributed by atoms with Gasteiger partial charge in [-0.25, -0.2) is 8.42 Å². The predicted molar refractivity (Wildman–Crippen MR) is 82.7 cm³/mol. The van der Waals surface area contributed by atoms with Crippen LogP contribution in [-0.4, -0.2) is 25.3 Å². The molecule has 0 radical (unpaired) electrons. The zero-order valence-corrected chi connectivity index (χ0v) is 14.3. The standard InChI is InChI=1S/C16H22F3NO2S/c1-11(2)13-7-8-15(14(10-13)16(17,18)19)23(21,22)20-9-5-4-6-12(20)3/h7-8,10-12H,4-6,9H2,1-3H3. The van der Waals surface area contributed by atoms with Gasteiger partial charge < -0.3 is 0 Å². The topological polar surface area (TPSA) is 37.4 Å². The van der Waals surface area contributed by atoms with Gasteiger partial charge in [0.2, 0.25) is 10.0 Å². The average molecular weight is 349 g/mol. The second-order valence-electron chi connectivity index (χ2n) is 6.37. The van der Waals surface area contributed by atoms with Crippen molar-refractivity contribution in [2.75, 3.05) is 6.54 Å². The smallest absolute Gasteiger partial charge is 0.207 e. The monoisotopic (exact) mass is 349 g/mol. The van der Waals surface area contributed by atoms with Crippen LogP contribution < -0.4 is 0 Å². The number of nitrogens with zero attached hydrogens (tertiary/aromatic N) is 1. The number of hydrogen-bond donors (Lipinski definition) is 0. The van der Waals surface area contributed by atoms with Gasteiger partial charge in [-0.15, -0.1) is 0 Å². The Morgan fingerprint density at radius 2 is 1.87 bits per heavy atom. The number of alkyl halides is 3. The number of rotatable bonds is 3. The lowest BCUT2D eigenvalue weighted by molar-refractivity contribution is -0.140. The maximum absolute atomic E-state index is 13.4. The Balaban J connectivity index is 2.57. The molecule has 0 N–H and O–H groups in total. The Labute approximate surface area is 135 Å². The Bertz CT molecular complexity index is 668. The maximum Gasteiger partial charge on any atom is 0.417 e. The molecule has 0 spiro atoms. The van der Waals surface area contributed by atoms with Crippen molar-refractivity contribution in [1.29, 1.82) is 0 Å². The van der Waals surface area contributed by atoms with Crippen molar-refractivity contribution in [3.63, 3.8) is 0 Å². The summed E-state index contributed by atoms with van der Waals surface area (Å²) in [5.41, 5.74) is -0.593. The van der Waals surface area contributed by atoms with Crippen LogP contribution in [-0.2, 0) is 16.2 Å². The molecule has 0 bridgehead atoms. The summed E-state index contributed by atoms with van der Waals surface area (Å²) < 4.78 is 67.0. The number of piperidine rings is 1. The van der Waals surface area contributed by atoms with Gasteiger partial charge in [-0.05, 0) is 43.4 Å². The molecule has 1 aromatic carbocycles. The normalized spacial score (nSPS) is 20.9. The van der Waals surface area contributed by atoms with Gasteiger partial charge in [0.1, 0.15) is 0 Å². The molecule has 1 aromatic rings. The van der Waals surface area contributed by atoms with Crippen LogP contribution in [0.5, 0.6) is 0 Å². The first-order chi connectivity index (χ1) is 10.5. The van der Waals surface area contributed by atoms with Crippen LogP contribution >= 0.6 is 0 Å². The van der Waals surface area contributed by atoms with E-state index in [2.05, 4.69) is 0 Å². The van der Waals surface area contributed by atoms with Crippen molar-refractivity contribution >= 4 is 10.0 Å². The molecule has 0 amide bonds. The van der Waals surface area contributed by atoms with E-state index in [1.165, 1.54) is 10.4 Å². The highest BCUT2D eigenvalue weighted by molar-refractivity contribution is 7.89. The second kappa shape index (κ2) is 6.43. The van der Waals surface area contributed by atoms with E-state index in [9.17, 15) is 21.6 Å². The molecule has 7 heteroatoms. The van der Waals surface area contributed by atoms with Crippen molar-refractivity contribution in [3.8, 4) is 0 Å². The second-order valence-corrected chi connectivity index (χ2v) is 8.23. The highest BCUT2D eigenvalue weighted by atomic mass is 32.2. The number of hydrogen-bond acceptors (Lipinski definition) is 2. The van der Waals surface area contributed by atoms with E-state index in [-0.39, 0.29) is 18.5 Å². The van der Waals surface area contributed by atoms with Crippen molar-refractivity contribution in [2.45, 2.75) is 63.1 Å². The molecule has 3 nitrogen and oxygen atoms in total. The van der Waals surface area contributed by atoms with E-state index >= 15 is 0 Å². The van der Waals surface area contributed by atoms with Gasteiger partial charge in [0, 0.05) is 12.6 Å². The molecule has 1 heterocycles. The molecular formula is C16H22F3NO2S. The fourth-order valence-electron chi connectivity index (χ4n) is 2.91. The Morgan fingerprint density at radius 3 is 2.39 bits per heavy atom. The molecule has 23 heavy (non-hydrogen) atoms. The Kier molecular flexibility index (Phi) is 5.11. The van der Waals surface area contributed by atoms with E-state index in [0.717, 1.165) is 18.6 Å². The highest BCUT2D eigenvalue weighted by Crippen LogP contribution is 2.38. The first-order valence-electron chi connectivity index (χ1n) is 7.78. The van der Waals surface area contributed by atoms with Gasteiger partial charge >= 0.3 is 6.18 Å². The summed E-state index contributed by atoms with van der Waals surface area (Å²) in [6.07, 6.45) is -2.46. The summed E-state index contributed by atoms with van der Waals surface area (Å²) in [4.78, 5) is -0.636. The maximum atomic E-state index is 13.4. The zero-order chi connectivity index (χ0) is 17.4. The van der Waals surface area contributed by atoms with Gasteiger partial charge in [0.15, 0.2) is 0 Å². The fourth-order valence-corrected chi connectivity index (χ4v) is 4.80. The molecule has 0 saturated carbocycles. The predicted octanol–water partition coefficient (Wildman–Crippen LogP) is 4.39. The summed E-state index contributed by atoms with van der Waals surface area (Å²) in [6, 6.07) is 3.27. The van der Waals surface area contributed by atoms with E-state index < -0.39 is 26.7 Å². The minimum absolute atomic E-state index is 0.109. The lowest BCUT2D eigenvalue weighted by Gasteiger charge is -2.33. The third-order valence-corrected chi connectivity index (χ3v) is 6.38. The van der Waals surface area contributed by atoms with Crippen LogP contribution in [0.15, 0.2) is 23.1 Å². The number of sulfonamides is 1. The van der Waals surface area contributed by atoms with Crippen molar-refractivity contribution < 1.29 is 21.6 Å². The van der Waals surface area contributed by atoms with E-state index in [1.807, 2.05) is 0 Å². The van der Waals surface area contributed by atoms with Crippen molar-refractivity contribution in [1.82, 2.24) is 4.31 Å². The average Bonchev–Trinajstić information content (AvgIpc) is 2.46. The van der Waals surface area contributed by atoms with Crippen molar-refractivity contribution in [2.24, 2.45) is 0 Å². The van der Waals surface area contributed by atoms with Gasteiger partial charge in [0.25, 0.3) is 0 Å². The van der Waals surface area contributed by atoms with Crippen LogP contribution in [0.1, 0.15) is 57.1 Å². The van der Waals surface area contributed by atoms with Gasteiger partial charge in [-0.2, -0.15) is 17.5 Å². The van der Waals surface area contributed by atoms with Crippen LogP contribution in [0, 0.1) is 0 Å². The fraction of sp³-hybridized carbons (Fsp3) is 0.625. The lowest BCUT2D eigenvalue weighted by atomic mass is 10.0. The summed E-state index contributed by atoms with van der Waals surface area (Å²) in [5.74, 6) is -0.109. The first-order valence-corrected chi connectivity index (χ1v) is 9.22. The van der Waals surface area contributed by atoms with E-state index in [1.54, 1.807) is 20.8 Å². The quantitative estimate of drug-likeness (QED) is 0.811. The molecule has 1 atom stereocenters. The summed E-state index contributed by atoms with van der Waals surface area (Å²) in [7, 11) is -4.15. The summed E-state index contributed by atoms with van der Waals surface area (Å²) in [5, 5.41) is 0. The van der Waals surface area contributed by atoms with E-state index in [4.69, 9.17) is 0 Å². The number of halogens is 3. The molecule has 1 fully saturated rings. The lowest BCUT2D eigenvalue weighted by Crippen LogP contribution is -2.42. The number of benzene rings is 1. The minimum Gasteiger partial charge on any atom is -0.207 e. The largest absolute Gasteiger partial charge is 0.417 e. The Morgan fingerprint density at radius 1 is 1.22 bits per heavy atom. The highest BCUT2D eigenvalue weighted by Gasteiger charge is 2.40. The molecule has 0 aromatic heterocycles. The summed E-state index contributed by atoms with van der Waals surface area (Å²) in [6.45, 7) is 5.56. The van der Waals surface area contributed by atoms with Gasteiger partial charge in [0.05, 0.1) is 10.5 Å². The van der Waals surface area contributed by atoms with Crippen molar-refractivity contribution in [3.05, 3.63) is 29.3 Å². The third kappa shape index (κ3) is 3.71. The van der Waals surface area contributed by atoms with E-state index in [0.29, 0.717) is 18.4 Å². The summed E-state index contributed by atoms with van der Waals surface area (Å²) >= 11 is 0. The molecule has 1 aliphatic heterocycles. The van der Waals surface area contributed by atoms with Gasteiger partial charge in [-0.1, -0.05) is 26.3 Å². The Hall–Kier alpha value is -1.08. The first kappa shape index (κ1) is 18.3. The van der Waals surface area contributed by atoms with Crippen LogP contribution in [0.4, 0.5) is 13.2 Å². The molecule has 0 aliphatic carbocycles. The molecule has 130 valence electrons. The van der Waals surface area contributed by atoms with Crippen LogP contribution in [0.25, 0.3) is 0 Å². The van der Waals surface area contributed by atoms with Crippen LogP contribution in [0.3, 0.4) is 0 Å². The van der Waals surface area contributed by atoms with Gasteiger partial charge in [-0.3, -0.25) is 0 Å². The zero-order valence-electron chi connectivity index (χ0n) is 13.5. The molecule has 1 unspecified atom stereocenters. The SMILES string of the molecule is CC(C)c1ccc(S(=O)(=O)N2CCCCC2C)c(C(F)(F)F)c1. The molecular weight excluding hydrogens is 327 g/mol. The minimum atomic E-state index is -4.70. The third-order valence-electron chi connectivity index (χ3n) is 4.30.